The molecule has 2 amide bonds. The third-order valence-corrected chi connectivity index (χ3v) is 4.47. The molecule has 0 saturated heterocycles. The van der Waals surface area contributed by atoms with Gasteiger partial charge in [0.1, 0.15) is 11.3 Å². The molecule has 0 fully saturated rings. The van der Waals surface area contributed by atoms with E-state index in [1.807, 2.05) is 32.0 Å². The number of anilines is 2. The molecule has 132 valence electrons. The van der Waals surface area contributed by atoms with Gasteiger partial charge in [-0.1, -0.05) is 11.6 Å². The SMILES string of the molecule is Cc1ccc2oc(C(=O)Nc3ccc4c(c3)NC(=O)C(C)O4)c(C)c2c1. The lowest BCUT2D eigenvalue weighted by molar-refractivity contribution is -0.122. The van der Waals surface area contributed by atoms with E-state index in [0.717, 1.165) is 16.5 Å². The number of hydrogen-bond acceptors (Lipinski definition) is 4. The molecule has 0 saturated carbocycles. The Kier molecular flexibility index (Phi) is 3.68. The van der Waals surface area contributed by atoms with Crippen LogP contribution in [0.4, 0.5) is 11.4 Å². The summed E-state index contributed by atoms with van der Waals surface area (Å²) in [6.07, 6.45) is -0.537. The van der Waals surface area contributed by atoms with Crippen molar-refractivity contribution < 1.29 is 18.7 Å². The molecular weight excluding hydrogens is 332 g/mol. The average Bonchev–Trinajstić information content (AvgIpc) is 2.93. The first kappa shape index (κ1) is 16.2. The summed E-state index contributed by atoms with van der Waals surface area (Å²) in [5.74, 6) is 0.292. The van der Waals surface area contributed by atoms with Gasteiger partial charge in [0.2, 0.25) is 0 Å². The Morgan fingerprint density at radius 1 is 1.15 bits per heavy atom. The standard InChI is InChI=1S/C20H18N2O4/c1-10-4-6-16-14(8-10)11(2)18(26-16)20(24)21-13-5-7-17-15(9-13)22-19(23)12(3)25-17/h4-9,12H,1-3H3,(H,21,24)(H,22,23). The maximum absolute atomic E-state index is 12.7. The molecule has 0 aliphatic carbocycles. The number of ether oxygens (including phenoxy) is 1. The van der Waals surface area contributed by atoms with Crippen molar-refractivity contribution in [2.24, 2.45) is 0 Å². The fraction of sp³-hybridized carbons (Fsp3) is 0.200. The molecule has 0 spiro atoms. The lowest BCUT2D eigenvalue weighted by Gasteiger charge is -2.23. The van der Waals surface area contributed by atoms with E-state index in [4.69, 9.17) is 9.15 Å². The van der Waals surface area contributed by atoms with Crippen molar-refractivity contribution in [2.45, 2.75) is 26.9 Å². The van der Waals surface area contributed by atoms with E-state index in [0.29, 0.717) is 22.7 Å². The molecule has 6 heteroatoms. The van der Waals surface area contributed by atoms with Crippen LogP contribution in [0, 0.1) is 13.8 Å². The number of benzene rings is 2. The van der Waals surface area contributed by atoms with Gasteiger partial charge in [0.25, 0.3) is 11.8 Å². The zero-order chi connectivity index (χ0) is 18.4. The Morgan fingerprint density at radius 2 is 1.96 bits per heavy atom. The second-order valence-electron chi connectivity index (χ2n) is 6.47. The Balaban J connectivity index is 1.62. The summed E-state index contributed by atoms with van der Waals surface area (Å²) in [7, 11) is 0. The normalized spacial score (nSPS) is 16.0. The molecule has 2 heterocycles. The molecule has 1 unspecified atom stereocenters. The highest BCUT2D eigenvalue weighted by Crippen LogP contribution is 2.33. The average molecular weight is 350 g/mol. The number of carbonyl (C=O) groups excluding carboxylic acids is 2. The van der Waals surface area contributed by atoms with Gasteiger partial charge in [-0.3, -0.25) is 9.59 Å². The lowest BCUT2D eigenvalue weighted by Crippen LogP contribution is -2.34. The number of fused-ring (bicyclic) bond motifs is 2. The van der Waals surface area contributed by atoms with E-state index in [1.54, 1.807) is 25.1 Å². The Morgan fingerprint density at radius 3 is 2.77 bits per heavy atom. The summed E-state index contributed by atoms with van der Waals surface area (Å²) in [4.78, 5) is 24.4. The van der Waals surface area contributed by atoms with Crippen LogP contribution in [0.15, 0.2) is 40.8 Å². The third kappa shape index (κ3) is 2.69. The van der Waals surface area contributed by atoms with Crippen LogP contribution in [0.25, 0.3) is 11.0 Å². The van der Waals surface area contributed by atoms with Gasteiger partial charge in [-0.25, -0.2) is 0 Å². The van der Waals surface area contributed by atoms with Gasteiger partial charge in [-0.2, -0.15) is 0 Å². The molecule has 6 nitrogen and oxygen atoms in total. The predicted molar refractivity (Wildman–Crippen MR) is 98.8 cm³/mol. The molecule has 3 aromatic rings. The Labute approximate surface area is 150 Å². The van der Waals surface area contributed by atoms with Crippen LogP contribution in [-0.2, 0) is 4.79 Å². The van der Waals surface area contributed by atoms with Crippen LogP contribution >= 0.6 is 0 Å². The first-order valence-electron chi connectivity index (χ1n) is 8.35. The van der Waals surface area contributed by atoms with Gasteiger partial charge < -0.3 is 19.8 Å². The Bertz CT molecular complexity index is 1050. The zero-order valence-electron chi connectivity index (χ0n) is 14.7. The van der Waals surface area contributed by atoms with Crippen molar-refractivity contribution in [1.82, 2.24) is 0 Å². The predicted octanol–water partition coefficient (Wildman–Crippen LogP) is 4.02. The highest BCUT2D eigenvalue weighted by atomic mass is 16.5. The smallest absolute Gasteiger partial charge is 0.291 e. The largest absolute Gasteiger partial charge is 0.479 e. The molecule has 2 aromatic carbocycles. The van der Waals surface area contributed by atoms with Crippen LogP contribution in [-0.4, -0.2) is 17.9 Å². The van der Waals surface area contributed by atoms with Crippen molar-refractivity contribution in [3.63, 3.8) is 0 Å². The molecule has 4 rings (SSSR count). The van der Waals surface area contributed by atoms with Crippen molar-refractivity contribution >= 4 is 34.2 Å². The molecule has 1 aliphatic rings. The van der Waals surface area contributed by atoms with Gasteiger partial charge in [0, 0.05) is 16.6 Å². The molecule has 1 aromatic heterocycles. The summed E-state index contributed by atoms with van der Waals surface area (Å²) < 4.78 is 11.2. The molecule has 26 heavy (non-hydrogen) atoms. The number of furan rings is 1. The van der Waals surface area contributed by atoms with Gasteiger partial charge >= 0.3 is 0 Å². The third-order valence-electron chi connectivity index (χ3n) is 4.47. The number of aryl methyl sites for hydroxylation is 2. The molecule has 1 atom stereocenters. The van der Waals surface area contributed by atoms with Gasteiger partial charge in [0.05, 0.1) is 5.69 Å². The van der Waals surface area contributed by atoms with Crippen molar-refractivity contribution in [2.75, 3.05) is 10.6 Å². The minimum atomic E-state index is -0.537. The number of rotatable bonds is 2. The summed E-state index contributed by atoms with van der Waals surface area (Å²) in [5.41, 5.74) is 3.65. The van der Waals surface area contributed by atoms with Gasteiger partial charge in [-0.05, 0) is 51.1 Å². The monoisotopic (exact) mass is 350 g/mol. The van der Waals surface area contributed by atoms with E-state index >= 15 is 0 Å². The van der Waals surface area contributed by atoms with E-state index in [-0.39, 0.29) is 17.6 Å². The first-order valence-corrected chi connectivity index (χ1v) is 8.35. The van der Waals surface area contributed by atoms with Crippen LogP contribution in [0.2, 0.25) is 0 Å². The lowest BCUT2D eigenvalue weighted by atomic mass is 10.1. The zero-order valence-corrected chi connectivity index (χ0v) is 14.7. The summed E-state index contributed by atoms with van der Waals surface area (Å²) in [6, 6.07) is 10.9. The van der Waals surface area contributed by atoms with Crippen molar-refractivity contribution in [3.05, 3.63) is 53.3 Å². The van der Waals surface area contributed by atoms with E-state index in [2.05, 4.69) is 10.6 Å². The molecule has 1 aliphatic heterocycles. The fourth-order valence-corrected chi connectivity index (χ4v) is 3.03. The summed E-state index contributed by atoms with van der Waals surface area (Å²) in [6.45, 7) is 5.54. The summed E-state index contributed by atoms with van der Waals surface area (Å²) >= 11 is 0. The summed E-state index contributed by atoms with van der Waals surface area (Å²) in [5, 5.41) is 6.50. The van der Waals surface area contributed by atoms with E-state index < -0.39 is 6.10 Å². The van der Waals surface area contributed by atoms with E-state index in [9.17, 15) is 9.59 Å². The van der Waals surface area contributed by atoms with E-state index in [1.165, 1.54) is 0 Å². The molecule has 0 bridgehead atoms. The maximum Gasteiger partial charge on any atom is 0.291 e. The number of hydrogen-bond donors (Lipinski definition) is 2. The minimum Gasteiger partial charge on any atom is -0.479 e. The molecule has 0 radical (unpaired) electrons. The fourth-order valence-electron chi connectivity index (χ4n) is 3.03. The van der Waals surface area contributed by atoms with Gasteiger partial charge in [0.15, 0.2) is 11.9 Å². The van der Waals surface area contributed by atoms with Crippen LogP contribution in [0.1, 0.15) is 28.6 Å². The first-order chi connectivity index (χ1) is 12.4. The number of amides is 2. The second kappa shape index (κ2) is 5.91. The maximum atomic E-state index is 12.7. The highest BCUT2D eigenvalue weighted by molar-refractivity contribution is 6.07. The number of carbonyl (C=O) groups is 2. The minimum absolute atomic E-state index is 0.218. The quantitative estimate of drug-likeness (QED) is 0.731. The molecular formula is C20H18N2O4. The van der Waals surface area contributed by atoms with Gasteiger partial charge in [-0.15, -0.1) is 0 Å². The Hall–Kier alpha value is -3.28. The van der Waals surface area contributed by atoms with Crippen LogP contribution in [0.3, 0.4) is 0 Å². The number of nitrogens with one attached hydrogen (secondary N) is 2. The van der Waals surface area contributed by atoms with Crippen LogP contribution < -0.4 is 15.4 Å². The van der Waals surface area contributed by atoms with Crippen LogP contribution in [0.5, 0.6) is 5.75 Å². The van der Waals surface area contributed by atoms with Crippen molar-refractivity contribution in [3.8, 4) is 5.75 Å². The van der Waals surface area contributed by atoms with Crippen molar-refractivity contribution in [1.29, 1.82) is 0 Å². The highest BCUT2D eigenvalue weighted by Gasteiger charge is 2.24. The topological polar surface area (TPSA) is 80.6 Å². The second-order valence-corrected chi connectivity index (χ2v) is 6.47. The molecule has 2 N–H and O–H groups in total.